The quantitative estimate of drug-likeness (QED) is 0.794. The Balaban J connectivity index is 0.00000128. The molecule has 0 unspecified atom stereocenters. The van der Waals surface area contributed by atoms with Crippen LogP contribution >= 0.6 is 17.0 Å². The van der Waals surface area contributed by atoms with Gasteiger partial charge in [-0.25, -0.2) is 0 Å². The van der Waals surface area contributed by atoms with Crippen LogP contribution in [0.5, 0.6) is 0 Å². The molecule has 0 saturated carbocycles. The Labute approximate surface area is 106 Å². The summed E-state index contributed by atoms with van der Waals surface area (Å²) in [5.74, 6) is 0.163. The number of ketones is 1. The topological polar surface area (TPSA) is 23.6 Å². The van der Waals surface area contributed by atoms with Crippen molar-refractivity contribution >= 4 is 22.8 Å². The maximum absolute atomic E-state index is 11.8. The number of Topliss-reactive ketones (excluding diaryl/α,β-unsaturated/α-hetero) is 1. The molecule has 0 saturated heterocycles. The minimum Gasteiger partial charge on any atom is -0.362 e. The van der Waals surface area contributed by atoms with Crippen LogP contribution in [0.15, 0.2) is 42.7 Å². The average Bonchev–Trinajstić information content (AvgIpc) is 2.65. The summed E-state index contributed by atoms with van der Waals surface area (Å²) in [6.45, 7) is 1.24. The zero-order valence-electron chi connectivity index (χ0n) is 9.17. The number of rotatable bonds is 3. The van der Waals surface area contributed by atoms with Crippen LogP contribution in [0.1, 0.15) is 10.4 Å². The van der Waals surface area contributed by atoms with Crippen molar-refractivity contribution in [2.75, 3.05) is 20.3 Å². The van der Waals surface area contributed by atoms with Gasteiger partial charge in [0.25, 0.3) is 0 Å². The molecular weight excluding hydrogens is 268 g/mol. The summed E-state index contributed by atoms with van der Waals surface area (Å²) >= 11 is 0. The van der Waals surface area contributed by atoms with Crippen LogP contribution in [0.25, 0.3) is 0 Å². The van der Waals surface area contributed by atoms with E-state index in [-0.39, 0.29) is 22.8 Å². The summed E-state index contributed by atoms with van der Waals surface area (Å²) in [6, 6.07) is 9.40. The van der Waals surface area contributed by atoms with Gasteiger partial charge in [-0.15, -0.1) is 17.0 Å². The van der Waals surface area contributed by atoms with E-state index in [1.54, 1.807) is 0 Å². The number of carbonyl (C=O) groups excluding carboxylic acids is 1. The lowest BCUT2D eigenvalue weighted by Gasteiger charge is -2.16. The lowest BCUT2D eigenvalue weighted by atomic mass is 10.1. The molecule has 3 nitrogen and oxygen atoms in total. The molecule has 0 amide bonds. The van der Waals surface area contributed by atoms with E-state index in [1.807, 2.05) is 59.6 Å². The summed E-state index contributed by atoms with van der Waals surface area (Å²) in [4.78, 5) is 15.8. The Morgan fingerprint density at radius 1 is 1.25 bits per heavy atom. The van der Waals surface area contributed by atoms with E-state index < -0.39 is 0 Å². The highest BCUT2D eigenvalue weighted by Gasteiger charge is 2.13. The first-order chi connectivity index (χ1) is 7.25. The Morgan fingerprint density at radius 3 is 2.50 bits per heavy atom. The molecule has 1 aromatic carbocycles. The van der Waals surface area contributed by atoms with E-state index in [4.69, 9.17) is 0 Å². The second kappa shape index (κ2) is 5.70. The predicted molar refractivity (Wildman–Crippen MR) is 69.6 cm³/mol. The van der Waals surface area contributed by atoms with Crippen molar-refractivity contribution in [2.45, 2.75) is 0 Å². The number of benzene rings is 1. The van der Waals surface area contributed by atoms with Gasteiger partial charge in [-0.3, -0.25) is 4.79 Å². The van der Waals surface area contributed by atoms with Crippen molar-refractivity contribution < 1.29 is 4.79 Å². The minimum absolute atomic E-state index is 0. The zero-order valence-corrected chi connectivity index (χ0v) is 10.9. The van der Waals surface area contributed by atoms with Crippen LogP contribution < -0.4 is 0 Å². The van der Waals surface area contributed by atoms with Crippen molar-refractivity contribution in [1.82, 2.24) is 9.80 Å². The van der Waals surface area contributed by atoms with Gasteiger partial charge in [0.1, 0.15) is 0 Å². The summed E-state index contributed by atoms with van der Waals surface area (Å²) in [6.07, 6.45) is 3.92. The summed E-state index contributed by atoms with van der Waals surface area (Å²) in [5.41, 5.74) is 0.778. The molecule has 0 aliphatic carbocycles. The zero-order chi connectivity index (χ0) is 10.7. The van der Waals surface area contributed by atoms with Crippen molar-refractivity contribution in [3.63, 3.8) is 0 Å². The van der Waals surface area contributed by atoms with E-state index in [2.05, 4.69) is 0 Å². The molecule has 16 heavy (non-hydrogen) atoms. The van der Waals surface area contributed by atoms with E-state index in [0.717, 1.165) is 12.2 Å². The van der Waals surface area contributed by atoms with Crippen molar-refractivity contribution in [2.24, 2.45) is 0 Å². The van der Waals surface area contributed by atoms with Crippen LogP contribution in [0.2, 0.25) is 0 Å². The Morgan fingerprint density at radius 2 is 1.94 bits per heavy atom. The van der Waals surface area contributed by atoms with Gasteiger partial charge < -0.3 is 9.80 Å². The molecule has 2 rings (SSSR count). The number of hydrogen-bond donors (Lipinski definition) is 0. The molecule has 1 heterocycles. The third kappa shape index (κ3) is 3.10. The second-order valence-electron chi connectivity index (χ2n) is 3.73. The van der Waals surface area contributed by atoms with Gasteiger partial charge in [0, 0.05) is 25.0 Å². The van der Waals surface area contributed by atoms with Crippen molar-refractivity contribution in [3.8, 4) is 0 Å². The first-order valence-corrected chi connectivity index (χ1v) is 4.96. The fourth-order valence-electron chi connectivity index (χ4n) is 1.59. The molecule has 0 bridgehead atoms. The molecule has 0 atom stereocenters. The smallest absolute Gasteiger partial charge is 0.182 e. The first kappa shape index (κ1) is 12.8. The maximum Gasteiger partial charge on any atom is 0.182 e. The van der Waals surface area contributed by atoms with E-state index in [0.29, 0.717) is 6.54 Å². The van der Waals surface area contributed by atoms with Crippen molar-refractivity contribution in [3.05, 3.63) is 48.3 Å². The number of carbonyl (C=O) groups is 1. The average molecular weight is 283 g/mol. The maximum atomic E-state index is 11.8. The molecule has 0 N–H and O–H groups in total. The molecule has 0 radical (unpaired) electrons. The Kier molecular flexibility index (Phi) is 4.55. The van der Waals surface area contributed by atoms with E-state index >= 15 is 0 Å². The molecule has 1 aliphatic heterocycles. The van der Waals surface area contributed by atoms with Crippen LogP contribution in [0, 0.1) is 0 Å². The summed E-state index contributed by atoms with van der Waals surface area (Å²) in [7, 11) is 1.99. The van der Waals surface area contributed by atoms with Gasteiger partial charge in [-0.2, -0.15) is 0 Å². The highest BCUT2D eigenvalue weighted by atomic mass is 79.9. The summed E-state index contributed by atoms with van der Waals surface area (Å²) < 4.78 is 0. The van der Waals surface area contributed by atoms with E-state index in [9.17, 15) is 4.79 Å². The Bertz CT molecular complexity index is 378. The number of halogens is 1. The van der Waals surface area contributed by atoms with Crippen LogP contribution in [0.3, 0.4) is 0 Å². The standard InChI is InChI=1S/C12H14N2O.BrH/c1-13-7-8-14(10-13)9-12(15)11-5-3-2-4-6-11;/h2-8H,9-10H2,1H3;1H. The van der Waals surface area contributed by atoms with Gasteiger partial charge >= 0.3 is 0 Å². The SMILES string of the molecule is Br.CN1C=CN(CC(=O)c2ccccc2)C1. The molecule has 0 aromatic heterocycles. The molecular formula is C12H15BrN2O. The second-order valence-corrected chi connectivity index (χ2v) is 3.73. The van der Waals surface area contributed by atoms with Gasteiger partial charge in [-0.05, 0) is 0 Å². The number of hydrogen-bond acceptors (Lipinski definition) is 3. The molecule has 0 spiro atoms. The molecule has 86 valence electrons. The van der Waals surface area contributed by atoms with Crippen LogP contribution in [-0.2, 0) is 0 Å². The van der Waals surface area contributed by atoms with Gasteiger partial charge in [0.05, 0.1) is 13.2 Å². The predicted octanol–water partition coefficient (Wildman–Crippen LogP) is 2.12. The fraction of sp³-hybridized carbons (Fsp3) is 0.250. The first-order valence-electron chi connectivity index (χ1n) is 4.96. The third-order valence-corrected chi connectivity index (χ3v) is 2.38. The van der Waals surface area contributed by atoms with Gasteiger partial charge in [0.15, 0.2) is 5.78 Å². The highest BCUT2D eigenvalue weighted by Crippen LogP contribution is 2.06. The number of nitrogens with zero attached hydrogens (tertiary/aromatic N) is 2. The van der Waals surface area contributed by atoms with Crippen LogP contribution in [0.4, 0.5) is 0 Å². The molecule has 1 aliphatic rings. The normalized spacial score (nSPS) is 13.8. The lowest BCUT2D eigenvalue weighted by molar-refractivity contribution is 0.0948. The summed E-state index contributed by atoms with van der Waals surface area (Å²) in [5, 5.41) is 0. The van der Waals surface area contributed by atoms with E-state index in [1.165, 1.54) is 0 Å². The fourth-order valence-corrected chi connectivity index (χ4v) is 1.59. The highest BCUT2D eigenvalue weighted by molar-refractivity contribution is 8.93. The molecule has 0 fully saturated rings. The minimum atomic E-state index is 0. The third-order valence-electron chi connectivity index (χ3n) is 2.38. The molecule has 4 heteroatoms. The molecule has 1 aromatic rings. The monoisotopic (exact) mass is 282 g/mol. The van der Waals surface area contributed by atoms with Crippen molar-refractivity contribution in [1.29, 1.82) is 0 Å². The lowest BCUT2D eigenvalue weighted by Crippen LogP contribution is -2.27. The van der Waals surface area contributed by atoms with Crippen LogP contribution in [-0.4, -0.2) is 35.8 Å². The van der Waals surface area contributed by atoms with Gasteiger partial charge in [-0.1, -0.05) is 30.3 Å². The van der Waals surface area contributed by atoms with Gasteiger partial charge in [0.2, 0.25) is 0 Å². The Hall–Kier alpha value is -1.29. The largest absolute Gasteiger partial charge is 0.362 e.